The summed E-state index contributed by atoms with van der Waals surface area (Å²) in [5, 5.41) is 4.87. The van der Waals surface area contributed by atoms with E-state index in [-0.39, 0.29) is 0 Å². The summed E-state index contributed by atoms with van der Waals surface area (Å²) in [6.07, 6.45) is 3.33. The van der Waals surface area contributed by atoms with Gasteiger partial charge in [0.15, 0.2) is 0 Å². The summed E-state index contributed by atoms with van der Waals surface area (Å²) in [7, 11) is 0. The summed E-state index contributed by atoms with van der Waals surface area (Å²) >= 11 is 0. The van der Waals surface area contributed by atoms with Crippen LogP contribution in [0.25, 0.3) is 10.9 Å². The molecule has 19 heavy (non-hydrogen) atoms. The molecule has 1 heterocycles. The molecule has 0 saturated carbocycles. The highest BCUT2D eigenvalue weighted by Crippen LogP contribution is 2.17. The summed E-state index contributed by atoms with van der Waals surface area (Å²) in [4.78, 5) is 5.78. The zero-order chi connectivity index (χ0) is 13.5. The number of fused-ring (bicyclic) bond motifs is 1. The van der Waals surface area contributed by atoms with Gasteiger partial charge < -0.3 is 15.2 Å². The van der Waals surface area contributed by atoms with Crippen molar-refractivity contribution in [3.05, 3.63) is 36.0 Å². The number of aromatic nitrogens is 1. The van der Waals surface area contributed by atoms with E-state index in [1.165, 1.54) is 29.4 Å². The number of hydrogen-bond donors (Lipinski definition) is 2. The molecule has 0 aliphatic heterocycles. The van der Waals surface area contributed by atoms with Crippen LogP contribution >= 0.6 is 0 Å². The molecule has 104 valence electrons. The zero-order valence-corrected chi connectivity index (χ0v) is 12.1. The molecule has 0 aliphatic carbocycles. The zero-order valence-electron chi connectivity index (χ0n) is 12.1. The lowest BCUT2D eigenvalue weighted by Gasteiger charge is -2.17. The monoisotopic (exact) mass is 259 g/mol. The van der Waals surface area contributed by atoms with Crippen molar-refractivity contribution in [3.8, 4) is 0 Å². The molecule has 1 aromatic carbocycles. The van der Waals surface area contributed by atoms with Gasteiger partial charge >= 0.3 is 0 Å². The minimum Gasteiger partial charge on any atom is -0.361 e. The average Bonchev–Trinajstić information content (AvgIpc) is 2.86. The lowest BCUT2D eigenvalue weighted by molar-refractivity contribution is 0.298. The Kier molecular flexibility index (Phi) is 5.43. The fourth-order valence-corrected chi connectivity index (χ4v) is 2.47. The van der Waals surface area contributed by atoms with Crippen LogP contribution in [0, 0.1) is 0 Å². The molecule has 2 N–H and O–H groups in total. The van der Waals surface area contributed by atoms with Crippen molar-refractivity contribution in [1.82, 2.24) is 15.2 Å². The van der Waals surface area contributed by atoms with E-state index >= 15 is 0 Å². The van der Waals surface area contributed by atoms with Gasteiger partial charge in [0.2, 0.25) is 0 Å². The maximum atomic E-state index is 3.54. The van der Waals surface area contributed by atoms with Gasteiger partial charge in [0.05, 0.1) is 0 Å². The first-order valence-electron chi connectivity index (χ1n) is 7.33. The van der Waals surface area contributed by atoms with E-state index in [9.17, 15) is 0 Å². The maximum Gasteiger partial charge on any atom is 0.0457 e. The van der Waals surface area contributed by atoms with Crippen molar-refractivity contribution in [3.63, 3.8) is 0 Å². The molecule has 0 saturated heterocycles. The number of rotatable bonds is 8. The van der Waals surface area contributed by atoms with Gasteiger partial charge in [-0.25, -0.2) is 0 Å². The van der Waals surface area contributed by atoms with Crippen molar-refractivity contribution in [1.29, 1.82) is 0 Å². The van der Waals surface area contributed by atoms with Gasteiger partial charge in [-0.3, -0.25) is 0 Å². The predicted octanol–water partition coefficient (Wildman–Crippen LogP) is 2.99. The van der Waals surface area contributed by atoms with E-state index in [4.69, 9.17) is 0 Å². The average molecular weight is 259 g/mol. The van der Waals surface area contributed by atoms with Crippen LogP contribution in [0.5, 0.6) is 0 Å². The Morgan fingerprint density at radius 2 is 1.95 bits per heavy atom. The SMILES string of the molecule is CCN(CC)CCCNCc1c[nH]c2ccccc12. The van der Waals surface area contributed by atoms with Gasteiger partial charge in [0.1, 0.15) is 0 Å². The Morgan fingerprint density at radius 1 is 1.16 bits per heavy atom. The number of nitrogens with one attached hydrogen (secondary N) is 2. The van der Waals surface area contributed by atoms with Crippen LogP contribution in [0.2, 0.25) is 0 Å². The number of benzene rings is 1. The molecule has 3 heteroatoms. The highest BCUT2D eigenvalue weighted by atomic mass is 15.1. The first-order chi connectivity index (χ1) is 9.35. The highest BCUT2D eigenvalue weighted by molar-refractivity contribution is 5.82. The number of nitrogens with zero attached hydrogens (tertiary/aromatic N) is 1. The Morgan fingerprint density at radius 3 is 2.74 bits per heavy atom. The first-order valence-corrected chi connectivity index (χ1v) is 7.33. The van der Waals surface area contributed by atoms with Crippen LogP contribution in [0.4, 0.5) is 0 Å². The van der Waals surface area contributed by atoms with Crippen molar-refractivity contribution in [2.24, 2.45) is 0 Å². The molecule has 2 aromatic rings. The van der Waals surface area contributed by atoms with Gasteiger partial charge in [-0.1, -0.05) is 32.0 Å². The Balaban J connectivity index is 1.74. The molecule has 0 amide bonds. The third kappa shape index (κ3) is 3.82. The first kappa shape index (κ1) is 14.1. The number of aromatic amines is 1. The second-order valence-electron chi connectivity index (χ2n) is 4.92. The lowest BCUT2D eigenvalue weighted by atomic mass is 10.2. The smallest absolute Gasteiger partial charge is 0.0457 e. The van der Waals surface area contributed by atoms with Crippen molar-refractivity contribution >= 4 is 10.9 Å². The normalized spacial score (nSPS) is 11.5. The molecule has 0 aliphatic rings. The van der Waals surface area contributed by atoms with Crippen LogP contribution in [-0.4, -0.2) is 36.1 Å². The molecule has 0 atom stereocenters. The Hall–Kier alpha value is -1.32. The molecule has 2 rings (SSSR count). The van der Waals surface area contributed by atoms with Gasteiger partial charge in [0, 0.05) is 23.6 Å². The Bertz CT molecular complexity index is 485. The molecule has 1 aromatic heterocycles. The maximum absolute atomic E-state index is 3.54. The molecule has 0 fully saturated rings. The summed E-state index contributed by atoms with van der Waals surface area (Å²) in [6.45, 7) is 9.97. The quantitative estimate of drug-likeness (QED) is 0.714. The summed E-state index contributed by atoms with van der Waals surface area (Å²) < 4.78 is 0. The minimum absolute atomic E-state index is 0.947. The molecular formula is C16H25N3. The third-order valence-corrected chi connectivity index (χ3v) is 3.71. The van der Waals surface area contributed by atoms with Gasteiger partial charge in [-0.05, 0) is 44.2 Å². The molecular weight excluding hydrogens is 234 g/mol. The van der Waals surface area contributed by atoms with E-state index in [0.717, 1.165) is 26.2 Å². The fraction of sp³-hybridized carbons (Fsp3) is 0.500. The molecule has 0 spiro atoms. The topological polar surface area (TPSA) is 31.1 Å². The summed E-state index contributed by atoms with van der Waals surface area (Å²) in [6, 6.07) is 8.47. The summed E-state index contributed by atoms with van der Waals surface area (Å²) in [5.41, 5.74) is 2.58. The van der Waals surface area contributed by atoms with Crippen molar-refractivity contribution < 1.29 is 0 Å². The lowest BCUT2D eigenvalue weighted by Crippen LogP contribution is -2.27. The minimum atomic E-state index is 0.947. The highest BCUT2D eigenvalue weighted by Gasteiger charge is 2.02. The van der Waals surface area contributed by atoms with Crippen LogP contribution in [-0.2, 0) is 6.54 Å². The number of H-pyrrole nitrogens is 1. The van der Waals surface area contributed by atoms with Crippen molar-refractivity contribution in [2.75, 3.05) is 26.2 Å². The third-order valence-electron chi connectivity index (χ3n) is 3.71. The van der Waals surface area contributed by atoms with E-state index in [1.54, 1.807) is 0 Å². The molecule has 0 bridgehead atoms. The Labute approximate surface area is 116 Å². The van der Waals surface area contributed by atoms with E-state index in [2.05, 4.69) is 59.5 Å². The van der Waals surface area contributed by atoms with Crippen LogP contribution in [0.15, 0.2) is 30.5 Å². The predicted molar refractivity (Wildman–Crippen MR) is 82.4 cm³/mol. The standard InChI is InChI=1S/C16H25N3/c1-3-19(4-2)11-7-10-17-12-14-13-18-16-9-6-5-8-15(14)16/h5-6,8-9,13,17-18H,3-4,7,10-12H2,1-2H3. The van der Waals surface area contributed by atoms with Crippen molar-refractivity contribution in [2.45, 2.75) is 26.8 Å². The van der Waals surface area contributed by atoms with E-state index in [0.29, 0.717) is 0 Å². The van der Waals surface area contributed by atoms with Crippen LogP contribution < -0.4 is 5.32 Å². The molecule has 0 radical (unpaired) electrons. The number of para-hydroxylation sites is 1. The van der Waals surface area contributed by atoms with E-state index in [1.807, 2.05) is 0 Å². The summed E-state index contributed by atoms with van der Waals surface area (Å²) in [5.74, 6) is 0. The van der Waals surface area contributed by atoms with Crippen LogP contribution in [0.1, 0.15) is 25.8 Å². The fourth-order valence-electron chi connectivity index (χ4n) is 2.47. The largest absolute Gasteiger partial charge is 0.361 e. The second-order valence-corrected chi connectivity index (χ2v) is 4.92. The second kappa shape index (κ2) is 7.31. The molecule has 0 unspecified atom stereocenters. The van der Waals surface area contributed by atoms with Gasteiger partial charge in [0.25, 0.3) is 0 Å². The van der Waals surface area contributed by atoms with Gasteiger partial charge in [-0.15, -0.1) is 0 Å². The molecule has 3 nitrogen and oxygen atoms in total. The van der Waals surface area contributed by atoms with Crippen LogP contribution in [0.3, 0.4) is 0 Å². The number of hydrogen-bond acceptors (Lipinski definition) is 2. The van der Waals surface area contributed by atoms with E-state index < -0.39 is 0 Å². The van der Waals surface area contributed by atoms with Gasteiger partial charge in [-0.2, -0.15) is 0 Å².